The van der Waals surface area contributed by atoms with Crippen LogP contribution in [0.4, 0.5) is 0 Å². The summed E-state index contributed by atoms with van der Waals surface area (Å²) in [6.45, 7) is 6.17. The van der Waals surface area contributed by atoms with Crippen LogP contribution in [0.25, 0.3) is 0 Å². The predicted molar refractivity (Wildman–Crippen MR) is 61.5 cm³/mol. The van der Waals surface area contributed by atoms with Crippen molar-refractivity contribution in [3.8, 4) is 0 Å². The quantitative estimate of drug-likeness (QED) is 0.772. The van der Waals surface area contributed by atoms with Crippen molar-refractivity contribution in [3.63, 3.8) is 0 Å². The standard InChI is InChI=1S/C11H18N4O/c1-8-13-5-4-9(15-8)6-14-10(16)11(2,3)7-12/h4-5H,6-7,12H2,1-3H3,(H,14,16). The maximum atomic E-state index is 11.7. The summed E-state index contributed by atoms with van der Waals surface area (Å²) in [5.41, 5.74) is 5.77. The summed E-state index contributed by atoms with van der Waals surface area (Å²) in [5.74, 6) is 0.635. The highest BCUT2D eigenvalue weighted by Gasteiger charge is 2.25. The van der Waals surface area contributed by atoms with Crippen molar-refractivity contribution in [1.82, 2.24) is 15.3 Å². The zero-order valence-electron chi connectivity index (χ0n) is 9.95. The van der Waals surface area contributed by atoms with E-state index in [2.05, 4.69) is 15.3 Å². The van der Waals surface area contributed by atoms with Gasteiger partial charge in [0.15, 0.2) is 0 Å². The van der Waals surface area contributed by atoms with E-state index in [4.69, 9.17) is 5.73 Å². The highest BCUT2D eigenvalue weighted by Crippen LogP contribution is 2.12. The van der Waals surface area contributed by atoms with E-state index >= 15 is 0 Å². The Kier molecular flexibility index (Phi) is 3.95. The molecule has 5 nitrogen and oxygen atoms in total. The van der Waals surface area contributed by atoms with Gasteiger partial charge in [-0.2, -0.15) is 0 Å². The molecule has 1 rings (SSSR count). The van der Waals surface area contributed by atoms with E-state index in [0.717, 1.165) is 5.69 Å². The second kappa shape index (κ2) is 5.03. The molecule has 1 amide bonds. The number of aryl methyl sites for hydroxylation is 1. The first-order chi connectivity index (χ1) is 7.45. The van der Waals surface area contributed by atoms with E-state index < -0.39 is 5.41 Å². The lowest BCUT2D eigenvalue weighted by molar-refractivity contribution is -0.129. The number of nitrogens with zero attached hydrogens (tertiary/aromatic N) is 2. The molecular formula is C11H18N4O. The molecule has 0 bridgehead atoms. The molecule has 0 saturated carbocycles. The minimum atomic E-state index is -0.540. The van der Waals surface area contributed by atoms with Crippen LogP contribution in [0.3, 0.4) is 0 Å². The van der Waals surface area contributed by atoms with Gasteiger partial charge in [-0.15, -0.1) is 0 Å². The Morgan fingerprint density at radius 1 is 1.56 bits per heavy atom. The fraction of sp³-hybridized carbons (Fsp3) is 0.545. The lowest BCUT2D eigenvalue weighted by Gasteiger charge is -2.21. The number of hydrogen-bond acceptors (Lipinski definition) is 4. The molecular weight excluding hydrogens is 204 g/mol. The van der Waals surface area contributed by atoms with Crippen LogP contribution in [0.5, 0.6) is 0 Å². The minimum Gasteiger partial charge on any atom is -0.350 e. The minimum absolute atomic E-state index is 0.0636. The molecule has 3 N–H and O–H groups in total. The first-order valence-corrected chi connectivity index (χ1v) is 5.22. The van der Waals surface area contributed by atoms with Gasteiger partial charge in [0.25, 0.3) is 0 Å². The monoisotopic (exact) mass is 222 g/mol. The molecule has 0 unspecified atom stereocenters. The van der Waals surface area contributed by atoms with E-state index in [9.17, 15) is 4.79 Å². The Morgan fingerprint density at radius 2 is 2.25 bits per heavy atom. The molecule has 0 aliphatic carbocycles. The molecule has 0 atom stereocenters. The lowest BCUT2D eigenvalue weighted by Crippen LogP contribution is -2.41. The summed E-state index contributed by atoms with van der Waals surface area (Å²) in [4.78, 5) is 19.9. The van der Waals surface area contributed by atoms with Gasteiger partial charge in [-0.25, -0.2) is 9.97 Å². The van der Waals surface area contributed by atoms with Crippen molar-refractivity contribution in [3.05, 3.63) is 23.8 Å². The van der Waals surface area contributed by atoms with Crippen molar-refractivity contribution in [2.75, 3.05) is 6.54 Å². The van der Waals surface area contributed by atoms with Crippen molar-refractivity contribution in [2.45, 2.75) is 27.3 Å². The second-order valence-corrected chi connectivity index (χ2v) is 4.37. The van der Waals surface area contributed by atoms with E-state index in [1.807, 2.05) is 20.8 Å². The number of carbonyl (C=O) groups excluding carboxylic acids is 1. The fourth-order valence-electron chi connectivity index (χ4n) is 1.11. The Hall–Kier alpha value is -1.49. The Balaban J connectivity index is 2.56. The lowest BCUT2D eigenvalue weighted by atomic mass is 9.93. The third-order valence-electron chi connectivity index (χ3n) is 2.39. The van der Waals surface area contributed by atoms with Crippen LogP contribution in [0.1, 0.15) is 25.4 Å². The summed E-state index contributed by atoms with van der Waals surface area (Å²) < 4.78 is 0. The van der Waals surface area contributed by atoms with Gasteiger partial charge in [-0.05, 0) is 26.8 Å². The predicted octanol–water partition coefficient (Wildman–Crippen LogP) is 0.386. The van der Waals surface area contributed by atoms with Gasteiger partial charge >= 0.3 is 0 Å². The Morgan fingerprint density at radius 3 is 2.81 bits per heavy atom. The maximum Gasteiger partial charge on any atom is 0.227 e. The van der Waals surface area contributed by atoms with Gasteiger partial charge < -0.3 is 11.1 Å². The topological polar surface area (TPSA) is 80.9 Å². The highest BCUT2D eigenvalue weighted by atomic mass is 16.2. The first-order valence-electron chi connectivity index (χ1n) is 5.22. The summed E-state index contributed by atoms with van der Waals surface area (Å²) in [5, 5.41) is 2.81. The molecule has 16 heavy (non-hydrogen) atoms. The maximum absolute atomic E-state index is 11.7. The number of carbonyl (C=O) groups is 1. The van der Waals surface area contributed by atoms with Gasteiger partial charge in [-0.1, -0.05) is 0 Å². The molecule has 88 valence electrons. The first kappa shape index (κ1) is 12.6. The number of hydrogen-bond donors (Lipinski definition) is 2. The average molecular weight is 222 g/mol. The summed E-state index contributed by atoms with van der Waals surface area (Å²) in [6.07, 6.45) is 1.68. The van der Waals surface area contributed by atoms with Crippen LogP contribution < -0.4 is 11.1 Å². The van der Waals surface area contributed by atoms with Crippen LogP contribution in [-0.2, 0) is 11.3 Å². The molecule has 0 aliphatic rings. The smallest absolute Gasteiger partial charge is 0.227 e. The van der Waals surface area contributed by atoms with Crippen LogP contribution in [0, 0.1) is 12.3 Å². The third-order valence-corrected chi connectivity index (χ3v) is 2.39. The molecule has 0 radical (unpaired) electrons. The highest BCUT2D eigenvalue weighted by molar-refractivity contribution is 5.81. The normalized spacial score (nSPS) is 11.2. The molecule has 1 heterocycles. The molecule has 0 fully saturated rings. The van der Waals surface area contributed by atoms with Crippen LogP contribution in [0.2, 0.25) is 0 Å². The van der Waals surface area contributed by atoms with E-state index in [1.165, 1.54) is 0 Å². The van der Waals surface area contributed by atoms with Crippen LogP contribution in [0.15, 0.2) is 12.3 Å². The van der Waals surface area contributed by atoms with Crippen molar-refractivity contribution in [2.24, 2.45) is 11.1 Å². The number of aromatic nitrogens is 2. The molecule has 0 saturated heterocycles. The SMILES string of the molecule is Cc1nccc(CNC(=O)C(C)(C)CN)n1. The molecule has 5 heteroatoms. The van der Waals surface area contributed by atoms with Gasteiger partial charge in [0.1, 0.15) is 5.82 Å². The van der Waals surface area contributed by atoms with Gasteiger partial charge in [0, 0.05) is 12.7 Å². The zero-order chi connectivity index (χ0) is 12.2. The third kappa shape index (κ3) is 3.27. The summed E-state index contributed by atoms with van der Waals surface area (Å²) >= 11 is 0. The van der Waals surface area contributed by atoms with E-state index in [1.54, 1.807) is 12.3 Å². The number of rotatable bonds is 4. The van der Waals surface area contributed by atoms with Crippen molar-refractivity contribution < 1.29 is 4.79 Å². The molecule has 1 aromatic heterocycles. The second-order valence-electron chi connectivity index (χ2n) is 4.37. The van der Waals surface area contributed by atoms with Gasteiger partial charge in [0.05, 0.1) is 17.7 Å². The van der Waals surface area contributed by atoms with Crippen molar-refractivity contribution in [1.29, 1.82) is 0 Å². The Labute approximate surface area is 95.5 Å². The van der Waals surface area contributed by atoms with Crippen LogP contribution in [-0.4, -0.2) is 22.4 Å². The van der Waals surface area contributed by atoms with E-state index in [-0.39, 0.29) is 5.91 Å². The molecule has 0 spiro atoms. The molecule has 1 aromatic rings. The van der Waals surface area contributed by atoms with Crippen LogP contribution >= 0.6 is 0 Å². The zero-order valence-corrected chi connectivity index (χ0v) is 9.95. The molecule has 0 aliphatic heterocycles. The van der Waals surface area contributed by atoms with Gasteiger partial charge in [0.2, 0.25) is 5.91 Å². The number of nitrogens with one attached hydrogen (secondary N) is 1. The molecule has 0 aromatic carbocycles. The van der Waals surface area contributed by atoms with Gasteiger partial charge in [-0.3, -0.25) is 4.79 Å². The Bertz CT molecular complexity index is 376. The summed E-state index contributed by atoms with van der Waals surface area (Å²) in [6, 6.07) is 1.78. The average Bonchev–Trinajstić information content (AvgIpc) is 2.26. The van der Waals surface area contributed by atoms with E-state index in [0.29, 0.717) is 18.9 Å². The fourth-order valence-corrected chi connectivity index (χ4v) is 1.11. The number of nitrogens with two attached hydrogens (primary N) is 1. The van der Waals surface area contributed by atoms with Crippen molar-refractivity contribution >= 4 is 5.91 Å². The summed E-state index contributed by atoms with van der Waals surface area (Å²) in [7, 11) is 0. The largest absolute Gasteiger partial charge is 0.350 e. The number of amides is 1.